The lowest BCUT2D eigenvalue weighted by molar-refractivity contribution is -0.120. The summed E-state index contributed by atoms with van der Waals surface area (Å²) >= 11 is 6.49. The van der Waals surface area contributed by atoms with Crippen molar-refractivity contribution in [2.45, 2.75) is 19.8 Å². The number of methoxy groups -OCH3 is 1. The summed E-state index contributed by atoms with van der Waals surface area (Å²) in [5.74, 6) is 0.0187. The number of thiazole rings is 1. The Morgan fingerprint density at radius 2 is 2.21 bits per heavy atom. The average Bonchev–Trinajstić information content (AvgIpc) is 2.66. The highest BCUT2D eigenvalue weighted by Crippen LogP contribution is 2.14. The highest BCUT2D eigenvalue weighted by molar-refractivity contribution is 7.73. The van der Waals surface area contributed by atoms with Gasteiger partial charge < -0.3 is 19.8 Å². The van der Waals surface area contributed by atoms with Gasteiger partial charge >= 0.3 is 0 Å². The first-order valence-electron chi connectivity index (χ1n) is 6.15. The molecular formula is C12H20N2O3S2. The van der Waals surface area contributed by atoms with Gasteiger partial charge in [0.25, 0.3) is 0 Å². The fraction of sp³-hybridized carbons (Fsp3) is 0.667. The lowest BCUT2D eigenvalue weighted by Gasteiger charge is -2.05. The summed E-state index contributed by atoms with van der Waals surface area (Å²) in [6, 6.07) is 0. The smallest absolute Gasteiger partial charge is 0.225 e. The molecule has 19 heavy (non-hydrogen) atoms. The number of H-pyrrole nitrogens is 1. The maximum absolute atomic E-state index is 11.7. The average molecular weight is 304 g/mol. The molecule has 0 aromatic carbocycles. The summed E-state index contributed by atoms with van der Waals surface area (Å²) in [6.45, 7) is 4.38. The first-order valence-corrected chi connectivity index (χ1v) is 7.38. The molecule has 1 amide bonds. The van der Waals surface area contributed by atoms with Gasteiger partial charge in [0, 0.05) is 30.8 Å². The molecule has 1 rings (SSSR count). The molecule has 0 radical (unpaired) electrons. The van der Waals surface area contributed by atoms with Crippen molar-refractivity contribution in [3.63, 3.8) is 0 Å². The van der Waals surface area contributed by atoms with Crippen LogP contribution in [0.4, 0.5) is 0 Å². The zero-order valence-corrected chi connectivity index (χ0v) is 12.9. The van der Waals surface area contributed by atoms with Gasteiger partial charge in [-0.15, -0.1) is 11.3 Å². The second kappa shape index (κ2) is 9.19. The minimum Gasteiger partial charge on any atom is -0.382 e. The van der Waals surface area contributed by atoms with Crippen LogP contribution in [0, 0.1) is 10.9 Å². The number of aromatic nitrogens is 1. The van der Waals surface area contributed by atoms with Gasteiger partial charge in [-0.2, -0.15) is 0 Å². The molecule has 1 heterocycles. The molecule has 1 aromatic heterocycles. The Morgan fingerprint density at radius 1 is 1.42 bits per heavy atom. The quantitative estimate of drug-likeness (QED) is 0.540. The summed E-state index contributed by atoms with van der Waals surface area (Å²) in [7, 11) is 1.64. The van der Waals surface area contributed by atoms with E-state index in [2.05, 4.69) is 10.3 Å². The van der Waals surface area contributed by atoms with E-state index in [9.17, 15) is 4.79 Å². The highest BCUT2D eigenvalue weighted by Gasteiger charge is 2.07. The first-order chi connectivity index (χ1) is 9.13. The van der Waals surface area contributed by atoms with Crippen LogP contribution in [0.2, 0.25) is 0 Å². The minimum atomic E-state index is 0.0187. The Hall–Kier alpha value is -0.760. The van der Waals surface area contributed by atoms with Gasteiger partial charge in [-0.05, 0) is 25.6 Å². The topological polar surface area (TPSA) is 63.4 Å². The lowest BCUT2D eigenvalue weighted by Crippen LogP contribution is -2.26. The number of amides is 1. The SMILES string of the molecule is COCCOCCCNC(=O)Cc1sc(=S)[nH]c1C. The van der Waals surface area contributed by atoms with Gasteiger partial charge in [0.1, 0.15) is 0 Å². The highest BCUT2D eigenvalue weighted by atomic mass is 32.1. The Labute approximate surface area is 122 Å². The van der Waals surface area contributed by atoms with Crippen LogP contribution in [0.15, 0.2) is 0 Å². The lowest BCUT2D eigenvalue weighted by atomic mass is 10.3. The molecule has 0 bridgehead atoms. The number of ether oxygens (including phenoxy) is 2. The molecule has 0 unspecified atom stereocenters. The van der Waals surface area contributed by atoms with E-state index < -0.39 is 0 Å². The molecule has 0 aliphatic rings. The molecule has 0 aliphatic heterocycles. The van der Waals surface area contributed by atoms with Crippen molar-refractivity contribution in [2.75, 3.05) is 33.5 Å². The maximum Gasteiger partial charge on any atom is 0.225 e. The number of aromatic amines is 1. The fourth-order valence-corrected chi connectivity index (χ4v) is 2.75. The maximum atomic E-state index is 11.7. The Morgan fingerprint density at radius 3 is 2.84 bits per heavy atom. The normalized spacial score (nSPS) is 10.6. The number of carbonyl (C=O) groups excluding carboxylic acids is 1. The standard InChI is InChI=1S/C12H20N2O3S2/c1-9-10(19-12(18)14-9)8-11(15)13-4-3-5-17-7-6-16-2/h3-8H2,1-2H3,(H,13,15)(H,14,18). The molecule has 5 nitrogen and oxygen atoms in total. The third kappa shape index (κ3) is 6.81. The number of rotatable bonds is 9. The zero-order chi connectivity index (χ0) is 14.1. The van der Waals surface area contributed by atoms with Crippen LogP contribution in [-0.4, -0.2) is 44.4 Å². The molecule has 0 atom stereocenters. The summed E-state index contributed by atoms with van der Waals surface area (Å²) in [6.07, 6.45) is 1.19. The summed E-state index contributed by atoms with van der Waals surface area (Å²) in [5, 5.41) is 2.87. The van der Waals surface area contributed by atoms with E-state index in [1.807, 2.05) is 6.92 Å². The third-order valence-corrected chi connectivity index (χ3v) is 3.80. The van der Waals surface area contributed by atoms with E-state index in [-0.39, 0.29) is 5.91 Å². The van der Waals surface area contributed by atoms with Crippen molar-refractivity contribution in [3.05, 3.63) is 14.5 Å². The van der Waals surface area contributed by atoms with E-state index in [4.69, 9.17) is 21.7 Å². The Balaban J connectivity index is 2.11. The Kier molecular flexibility index (Phi) is 7.88. The summed E-state index contributed by atoms with van der Waals surface area (Å²) in [4.78, 5) is 15.7. The second-order valence-corrected chi connectivity index (χ2v) is 5.82. The molecule has 1 aromatic rings. The van der Waals surface area contributed by atoms with E-state index in [1.54, 1.807) is 7.11 Å². The summed E-state index contributed by atoms with van der Waals surface area (Å²) in [5.41, 5.74) is 0.980. The molecular weight excluding hydrogens is 284 g/mol. The van der Waals surface area contributed by atoms with Gasteiger partial charge in [-0.25, -0.2) is 0 Å². The van der Waals surface area contributed by atoms with E-state index in [1.165, 1.54) is 11.3 Å². The second-order valence-electron chi connectivity index (χ2n) is 4.05. The summed E-state index contributed by atoms with van der Waals surface area (Å²) < 4.78 is 10.9. The van der Waals surface area contributed by atoms with Gasteiger partial charge in [-0.3, -0.25) is 4.79 Å². The zero-order valence-electron chi connectivity index (χ0n) is 11.3. The van der Waals surface area contributed by atoms with Crippen molar-refractivity contribution in [3.8, 4) is 0 Å². The van der Waals surface area contributed by atoms with Gasteiger partial charge in [0.05, 0.1) is 19.6 Å². The van der Waals surface area contributed by atoms with E-state index >= 15 is 0 Å². The van der Waals surface area contributed by atoms with Crippen LogP contribution in [0.3, 0.4) is 0 Å². The van der Waals surface area contributed by atoms with Crippen molar-refractivity contribution >= 4 is 29.5 Å². The van der Waals surface area contributed by atoms with Crippen LogP contribution < -0.4 is 5.32 Å². The van der Waals surface area contributed by atoms with Crippen molar-refractivity contribution in [2.24, 2.45) is 0 Å². The molecule has 0 saturated heterocycles. The number of aryl methyl sites for hydroxylation is 1. The molecule has 0 spiro atoms. The Bertz CT molecular complexity index is 442. The molecule has 0 aliphatic carbocycles. The van der Waals surface area contributed by atoms with Crippen LogP contribution in [0.25, 0.3) is 0 Å². The van der Waals surface area contributed by atoms with E-state index in [0.29, 0.717) is 36.7 Å². The first kappa shape index (κ1) is 16.3. The van der Waals surface area contributed by atoms with Crippen molar-refractivity contribution < 1.29 is 14.3 Å². The minimum absolute atomic E-state index is 0.0187. The predicted molar refractivity (Wildman–Crippen MR) is 78.3 cm³/mol. The molecule has 108 valence electrons. The van der Waals surface area contributed by atoms with Gasteiger partial charge in [-0.1, -0.05) is 0 Å². The fourth-order valence-electron chi connectivity index (χ4n) is 1.46. The van der Waals surface area contributed by atoms with Crippen LogP contribution in [0.5, 0.6) is 0 Å². The number of hydrogen-bond acceptors (Lipinski definition) is 5. The van der Waals surface area contributed by atoms with Gasteiger partial charge in [0.15, 0.2) is 3.95 Å². The van der Waals surface area contributed by atoms with Crippen LogP contribution >= 0.6 is 23.6 Å². The molecule has 0 saturated carbocycles. The third-order valence-electron chi connectivity index (χ3n) is 2.46. The largest absolute Gasteiger partial charge is 0.382 e. The van der Waals surface area contributed by atoms with Crippen molar-refractivity contribution in [1.29, 1.82) is 0 Å². The van der Waals surface area contributed by atoms with Gasteiger partial charge in [0.2, 0.25) is 5.91 Å². The predicted octanol–water partition coefficient (Wildman–Crippen LogP) is 1.83. The number of carbonyl (C=O) groups is 1. The number of nitrogens with one attached hydrogen (secondary N) is 2. The molecule has 2 N–H and O–H groups in total. The van der Waals surface area contributed by atoms with Crippen LogP contribution in [0.1, 0.15) is 17.0 Å². The molecule has 7 heteroatoms. The monoisotopic (exact) mass is 304 g/mol. The van der Waals surface area contributed by atoms with Crippen LogP contribution in [-0.2, 0) is 20.7 Å². The van der Waals surface area contributed by atoms with E-state index in [0.717, 1.165) is 17.0 Å². The van der Waals surface area contributed by atoms with Crippen molar-refractivity contribution in [1.82, 2.24) is 10.3 Å². The molecule has 0 fully saturated rings. The number of hydrogen-bond donors (Lipinski definition) is 2.